The molecule has 0 N–H and O–H groups in total. The number of hydrogen-bond donors (Lipinski definition) is 0. The van der Waals surface area contributed by atoms with Crippen molar-refractivity contribution < 1.29 is 0 Å². The van der Waals surface area contributed by atoms with Crippen LogP contribution in [-0.2, 0) is 0 Å². The highest BCUT2D eigenvalue weighted by Gasteiger charge is 2.18. The Hall–Kier alpha value is -4.54. The van der Waals surface area contributed by atoms with Gasteiger partial charge in [-0.15, -0.1) is 11.3 Å². The SMILES string of the molecule is c1ccc(-n2c3ccc(-c4cccc5c4sc4ccccc45)cc3c3nc4ccccc4nc32)cc1. The Morgan fingerprint density at radius 1 is 0.583 bits per heavy atom. The van der Waals surface area contributed by atoms with Crippen molar-refractivity contribution in [1.82, 2.24) is 14.5 Å². The summed E-state index contributed by atoms with van der Waals surface area (Å²) in [6.07, 6.45) is 0. The van der Waals surface area contributed by atoms with Gasteiger partial charge in [-0.05, 0) is 53.6 Å². The summed E-state index contributed by atoms with van der Waals surface area (Å²) in [5.74, 6) is 0. The molecule has 0 saturated heterocycles. The van der Waals surface area contributed by atoms with Gasteiger partial charge in [-0.2, -0.15) is 0 Å². The topological polar surface area (TPSA) is 30.7 Å². The van der Waals surface area contributed by atoms with E-state index in [2.05, 4.69) is 89.5 Å². The highest BCUT2D eigenvalue weighted by Crippen LogP contribution is 2.41. The van der Waals surface area contributed by atoms with Crippen LogP contribution in [0.2, 0.25) is 0 Å². The summed E-state index contributed by atoms with van der Waals surface area (Å²) in [6, 6.07) is 40.6. The van der Waals surface area contributed by atoms with Crippen molar-refractivity contribution in [3.63, 3.8) is 0 Å². The summed E-state index contributed by atoms with van der Waals surface area (Å²) in [5.41, 5.74) is 8.27. The van der Waals surface area contributed by atoms with E-state index in [9.17, 15) is 0 Å². The normalized spacial score (nSPS) is 11.9. The Labute approximate surface area is 210 Å². The molecule has 0 amide bonds. The summed E-state index contributed by atoms with van der Waals surface area (Å²) >= 11 is 1.86. The Kier molecular flexibility index (Phi) is 4.10. The quantitative estimate of drug-likeness (QED) is 0.249. The highest BCUT2D eigenvalue weighted by atomic mass is 32.1. The maximum absolute atomic E-state index is 5.10. The van der Waals surface area contributed by atoms with Gasteiger partial charge in [0.2, 0.25) is 0 Å². The maximum atomic E-state index is 5.10. The number of hydrogen-bond acceptors (Lipinski definition) is 3. The number of benzene rings is 5. The lowest BCUT2D eigenvalue weighted by Crippen LogP contribution is -1.96. The molecule has 0 aliphatic heterocycles. The van der Waals surface area contributed by atoms with Crippen molar-refractivity contribution in [2.24, 2.45) is 0 Å². The minimum atomic E-state index is 0.882. The van der Waals surface area contributed by atoms with Crippen molar-refractivity contribution >= 4 is 64.6 Å². The van der Waals surface area contributed by atoms with E-state index in [0.29, 0.717) is 0 Å². The zero-order valence-corrected chi connectivity index (χ0v) is 20.0. The summed E-state index contributed by atoms with van der Waals surface area (Å²) in [4.78, 5) is 10.2. The molecular formula is C32H19N3S. The lowest BCUT2D eigenvalue weighted by Gasteiger charge is -2.08. The highest BCUT2D eigenvalue weighted by molar-refractivity contribution is 7.26. The minimum Gasteiger partial charge on any atom is -0.293 e. The average molecular weight is 478 g/mol. The fourth-order valence-electron chi connectivity index (χ4n) is 5.34. The summed E-state index contributed by atoms with van der Waals surface area (Å²) in [5, 5.41) is 3.74. The van der Waals surface area contributed by atoms with Crippen LogP contribution in [0.4, 0.5) is 0 Å². The third kappa shape index (κ3) is 2.79. The van der Waals surface area contributed by atoms with Gasteiger partial charge in [-0.25, -0.2) is 9.97 Å². The average Bonchev–Trinajstić information content (AvgIpc) is 3.47. The molecule has 36 heavy (non-hydrogen) atoms. The van der Waals surface area contributed by atoms with Gasteiger partial charge in [0.05, 0.1) is 16.6 Å². The first kappa shape index (κ1) is 19.7. The first-order chi connectivity index (χ1) is 17.8. The Bertz CT molecular complexity index is 2100. The second-order valence-corrected chi connectivity index (χ2v) is 10.1. The zero-order chi connectivity index (χ0) is 23.6. The third-order valence-electron chi connectivity index (χ3n) is 6.99. The van der Waals surface area contributed by atoms with Crippen LogP contribution in [-0.4, -0.2) is 14.5 Å². The van der Waals surface area contributed by atoms with Gasteiger partial charge in [0.15, 0.2) is 5.65 Å². The zero-order valence-electron chi connectivity index (χ0n) is 19.2. The molecule has 0 atom stereocenters. The molecule has 0 aliphatic rings. The molecule has 5 aromatic carbocycles. The molecule has 0 aliphatic carbocycles. The maximum Gasteiger partial charge on any atom is 0.165 e. The molecule has 168 valence electrons. The van der Waals surface area contributed by atoms with Gasteiger partial charge in [0.1, 0.15) is 5.52 Å². The molecule has 3 aromatic heterocycles. The molecule has 4 heteroatoms. The molecule has 3 nitrogen and oxygen atoms in total. The van der Waals surface area contributed by atoms with Gasteiger partial charge >= 0.3 is 0 Å². The van der Waals surface area contributed by atoms with Crippen LogP contribution in [0.3, 0.4) is 0 Å². The molecule has 0 unspecified atom stereocenters. The number of rotatable bonds is 2. The Morgan fingerprint density at radius 3 is 2.22 bits per heavy atom. The minimum absolute atomic E-state index is 0.882. The van der Waals surface area contributed by atoms with Crippen LogP contribution in [0.5, 0.6) is 0 Å². The van der Waals surface area contributed by atoms with E-state index >= 15 is 0 Å². The van der Waals surface area contributed by atoms with Crippen molar-refractivity contribution in [3.8, 4) is 16.8 Å². The predicted octanol–water partition coefficient (Wildman–Crippen LogP) is 8.76. The van der Waals surface area contributed by atoms with Crippen LogP contribution in [0, 0.1) is 0 Å². The molecular weight excluding hydrogens is 458 g/mol. The molecule has 8 aromatic rings. The van der Waals surface area contributed by atoms with Gasteiger partial charge in [0.25, 0.3) is 0 Å². The lowest BCUT2D eigenvalue weighted by molar-refractivity contribution is 1.14. The largest absolute Gasteiger partial charge is 0.293 e. The Morgan fingerprint density at radius 2 is 1.33 bits per heavy atom. The molecule has 0 radical (unpaired) electrons. The number of para-hydroxylation sites is 3. The smallest absolute Gasteiger partial charge is 0.165 e. The van der Waals surface area contributed by atoms with Crippen molar-refractivity contribution in [2.75, 3.05) is 0 Å². The van der Waals surface area contributed by atoms with Crippen LogP contribution in [0.1, 0.15) is 0 Å². The van der Waals surface area contributed by atoms with Crippen molar-refractivity contribution in [2.45, 2.75) is 0 Å². The van der Waals surface area contributed by atoms with Gasteiger partial charge in [0, 0.05) is 31.2 Å². The number of fused-ring (bicyclic) bond motifs is 7. The summed E-state index contributed by atoms with van der Waals surface area (Å²) < 4.78 is 4.87. The molecule has 0 spiro atoms. The van der Waals surface area contributed by atoms with Gasteiger partial charge < -0.3 is 0 Å². The number of aromatic nitrogens is 3. The van der Waals surface area contributed by atoms with E-state index < -0.39 is 0 Å². The third-order valence-corrected chi connectivity index (χ3v) is 8.21. The van der Waals surface area contributed by atoms with Crippen molar-refractivity contribution in [3.05, 3.63) is 115 Å². The second-order valence-electron chi connectivity index (χ2n) is 9.07. The van der Waals surface area contributed by atoms with E-state index in [-0.39, 0.29) is 0 Å². The molecule has 0 fully saturated rings. The predicted molar refractivity (Wildman–Crippen MR) is 152 cm³/mol. The monoisotopic (exact) mass is 477 g/mol. The lowest BCUT2D eigenvalue weighted by atomic mass is 10.0. The first-order valence-corrected chi connectivity index (χ1v) is 12.8. The van der Waals surface area contributed by atoms with Crippen LogP contribution in [0.15, 0.2) is 115 Å². The van der Waals surface area contributed by atoms with E-state index in [1.807, 2.05) is 41.7 Å². The molecule has 8 rings (SSSR count). The second kappa shape index (κ2) is 7.48. The van der Waals surface area contributed by atoms with Crippen LogP contribution < -0.4 is 0 Å². The fraction of sp³-hybridized carbons (Fsp3) is 0. The van der Waals surface area contributed by atoms with E-state index in [0.717, 1.165) is 38.8 Å². The summed E-state index contributed by atoms with van der Waals surface area (Å²) in [7, 11) is 0. The standard InChI is InChI=1S/C32H19N3S/c1-2-9-21(10-3-1)35-28-18-17-20(19-25(28)30-32(35)34-27-15-6-5-14-26(27)33-30)22-12-8-13-24-23-11-4-7-16-29(23)36-31(22)24/h1-19H. The number of thiophene rings is 1. The fourth-order valence-corrected chi connectivity index (χ4v) is 6.58. The number of nitrogens with zero attached hydrogens (tertiary/aromatic N) is 3. The van der Waals surface area contributed by atoms with E-state index in [4.69, 9.17) is 9.97 Å². The first-order valence-electron chi connectivity index (χ1n) is 12.0. The van der Waals surface area contributed by atoms with E-state index in [1.54, 1.807) is 0 Å². The molecule has 3 heterocycles. The molecule has 0 saturated carbocycles. The van der Waals surface area contributed by atoms with Crippen molar-refractivity contribution in [1.29, 1.82) is 0 Å². The van der Waals surface area contributed by atoms with Gasteiger partial charge in [-0.3, -0.25) is 4.57 Å². The van der Waals surface area contributed by atoms with Crippen LogP contribution >= 0.6 is 11.3 Å². The van der Waals surface area contributed by atoms with E-state index in [1.165, 1.54) is 31.3 Å². The van der Waals surface area contributed by atoms with Gasteiger partial charge in [-0.1, -0.05) is 72.8 Å². The van der Waals surface area contributed by atoms with Crippen LogP contribution in [0.25, 0.3) is 70.1 Å². The Balaban J connectivity index is 1.47. The summed E-state index contributed by atoms with van der Waals surface area (Å²) in [6.45, 7) is 0. The molecule has 0 bridgehead atoms.